The molecule has 3 aromatic rings. The summed E-state index contributed by atoms with van der Waals surface area (Å²) in [7, 11) is 0. The van der Waals surface area contributed by atoms with Crippen LogP contribution in [-0.4, -0.2) is 36.6 Å². The Morgan fingerprint density at radius 1 is 1.00 bits per heavy atom. The van der Waals surface area contributed by atoms with Crippen LogP contribution in [0.2, 0.25) is 0 Å². The van der Waals surface area contributed by atoms with E-state index >= 15 is 0 Å². The summed E-state index contributed by atoms with van der Waals surface area (Å²) in [5.41, 5.74) is 1.98. The maximum Gasteiger partial charge on any atom is 0.195 e. The summed E-state index contributed by atoms with van der Waals surface area (Å²) in [5.74, 6) is -0.150. The molecule has 0 radical (unpaired) electrons. The Hall–Kier alpha value is -3.09. The van der Waals surface area contributed by atoms with Gasteiger partial charge in [0.15, 0.2) is 5.78 Å². The lowest BCUT2D eigenvalue weighted by molar-refractivity contribution is 0.105. The van der Waals surface area contributed by atoms with Gasteiger partial charge in [-0.2, -0.15) is 30.8 Å². The SMILES string of the molecule is O=C(C(=Cc1cn[nH]n1)c1cn[nH]n1)c1ccccc1. The van der Waals surface area contributed by atoms with Gasteiger partial charge in [0.05, 0.1) is 18.0 Å². The average molecular weight is 266 g/mol. The van der Waals surface area contributed by atoms with Crippen LogP contribution in [0.3, 0.4) is 0 Å². The molecule has 0 amide bonds. The molecule has 0 saturated carbocycles. The van der Waals surface area contributed by atoms with Gasteiger partial charge in [-0.25, -0.2) is 0 Å². The first-order valence-electron chi connectivity index (χ1n) is 5.88. The van der Waals surface area contributed by atoms with E-state index in [2.05, 4.69) is 30.8 Å². The fourth-order valence-corrected chi connectivity index (χ4v) is 1.76. The lowest BCUT2D eigenvalue weighted by atomic mass is 10.0. The van der Waals surface area contributed by atoms with Gasteiger partial charge in [-0.3, -0.25) is 4.79 Å². The third-order valence-corrected chi connectivity index (χ3v) is 2.70. The molecule has 20 heavy (non-hydrogen) atoms. The number of rotatable bonds is 4. The molecule has 98 valence electrons. The molecule has 0 aliphatic heterocycles. The van der Waals surface area contributed by atoms with Crippen molar-refractivity contribution in [2.75, 3.05) is 0 Å². The van der Waals surface area contributed by atoms with Gasteiger partial charge >= 0.3 is 0 Å². The predicted molar refractivity (Wildman–Crippen MR) is 71.4 cm³/mol. The van der Waals surface area contributed by atoms with Gasteiger partial charge in [-0.15, -0.1) is 0 Å². The van der Waals surface area contributed by atoms with Gasteiger partial charge in [0.25, 0.3) is 0 Å². The zero-order chi connectivity index (χ0) is 13.8. The number of H-pyrrole nitrogens is 2. The first-order valence-corrected chi connectivity index (χ1v) is 5.88. The summed E-state index contributed by atoms with van der Waals surface area (Å²) in [4.78, 5) is 12.6. The molecule has 0 aliphatic carbocycles. The summed E-state index contributed by atoms with van der Waals surface area (Å²) >= 11 is 0. The van der Waals surface area contributed by atoms with Crippen molar-refractivity contribution in [3.8, 4) is 0 Å². The van der Waals surface area contributed by atoms with Crippen LogP contribution in [0, 0.1) is 0 Å². The Kier molecular flexibility index (Phi) is 3.15. The van der Waals surface area contributed by atoms with Crippen molar-refractivity contribution < 1.29 is 4.79 Å². The van der Waals surface area contributed by atoms with Crippen molar-refractivity contribution in [3.05, 3.63) is 59.7 Å². The minimum atomic E-state index is -0.150. The topological polar surface area (TPSA) is 100 Å². The number of nitrogens with one attached hydrogen (secondary N) is 2. The third-order valence-electron chi connectivity index (χ3n) is 2.70. The highest BCUT2D eigenvalue weighted by molar-refractivity contribution is 6.31. The molecule has 1 aromatic carbocycles. The number of allylic oxidation sites excluding steroid dienone is 1. The second kappa shape index (κ2) is 5.27. The van der Waals surface area contributed by atoms with Crippen molar-refractivity contribution in [1.82, 2.24) is 30.8 Å². The average Bonchev–Trinajstić information content (AvgIpc) is 3.18. The number of aromatic nitrogens is 6. The van der Waals surface area contributed by atoms with Gasteiger partial charge in [-0.1, -0.05) is 30.3 Å². The second-order valence-corrected chi connectivity index (χ2v) is 4.00. The van der Waals surface area contributed by atoms with Crippen LogP contribution >= 0.6 is 0 Å². The highest BCUT2D eigenvalue weighted by Gasteiger charge is 2.17. The van der Waals surface area contributed by atoms with Crippen molar-refractivity contribution >= 4 is 17.4 Å². The number of hydrogen-bond acceptors (Lipinski definition) is 5. The van der Waals surface area contributed by atoms with Crippen LogP contribution < -0.4 is 0 Å². The lowest BCUT2D eigenvalue weighted by Gasteiger charge is -2.02. The van der Waals surface area contributed by atoms with E-state index < -0.39 is 0 Å². The summed E-state index contributed by atoms with van der Waals surface area (Å²) in [5, 5.41) is 20.3. The maximum atomic E-state index is 12.6. The molecule has 0 fully saturated rings. The molecule has 0 bridgehead atoms. The van der Waals surface area contributed by atoms with E-state index in [1.54, 1.807) is 18.2 Å². The third kappa shape index (κ3) is 2.37. The number of aromatic amines is 2. The Labute approximate surface area is 113 Å². The fourth-order valence-electron chi connectivity index (χ4n) is 1.76. The Morgan fingerprint density at radius 2 is 1.75 bits per heavy atom. The summed E-state index contributed by atoms with van der Waals surface area (Å²) in [6.07, 6.45) is 4.64. The number of carbonyl (C=O) groups is 1. The quantitative estimate of drug-likeness (QED) is 0.548. The lowest BCUT2D eigenvalue weighted by Crippen LogP contribution is -2.03. The van der Waals surface area contributed by atoms with Gasteiger partial charge in [0.1, 0.15) is 11.4 Å². The molecule has 0 unspecified atom stereocenters. The number of carbonyl (C=O) groups excluding carboxylic acids is 1. The number of benzene rings is 1. The first kappa shape index (κ1) is 12.0. The Bertz CT molecular complexity index is 716. The van der Waals surface area contributed by atoms with Gasteiger partial charge in [0.2, 0.25) is 0 Å². The maximum absolute atomic E-state index is 12.6. The molecular weight excluding hydrogens is 256 g/mol. The molecule has 0 saturated heterocycles. The van der Waals surface area contributed by atoms with Gasteiger partial charge in [0, 0.05) is 5.56 Å². The van der Waals surface area contributed by atoms with Crippen molar-refractivity contribution in [2.24, 2.45) is 0 Å². The van der Waals surface area contributed by atoms with E-state index in [0.29, 0.717) is 22.5 Å². The molecule has 0 atom stereocenters. The molecule has 2 heterocycles. The van der Waals surface area contributed by atoms with E-state index in [1.165, 1.54) is 12.4 Å². The zero-order valence-corrected chi connectivity index (χ0v) is 10.3. The molecule has 0 aliphatic rings. The molecule has 2 aromatic heterocycles. The molecule has 7 heteroatoms. The summed E-state index contributed by atoms with van der Waals surface area (Å²) < 4.78 is 0. The standard InChI is InChI=1S/C13H10N6O/c20-13(9-4-2-1-3-5-9)11(12-8-15-19-17-12)6-10-7-14-18-16-10/h1-8H,(H,14,16,18)(H,15,17,19). The van der Waals surface area contributed by atoms with E-state index in [0.717, 1.165) is 0 Å². The van der Waals surface area contributed by atoms with Gasteiger partial charge in [-0.05, 0) is 6.08 Å². The minimum absolute atomic E-state index is 0.150. The monoisotopic (exact) mass is 266 g/mol. The largest absolute Gasteiger partial charge is 0.289 e. The summed E-state index contributed by atoms with van der Waals surface area (Å²) in [6, 6.07) is 8.97. The van der Waals surface area contributed by atoms with E-state index in [1.807, 2.05) is 18.2 Å². The van der Waals surface area contributed by atoms with Crippen LogP contribution in [0.5, 0.6) is 0 Å². The van der Waals surface area contributed by atoms with Crippen LogP contribution in [0.15, 0.2) is 42.7 Å². The van der Waals surface area contributed by atoms with E-state index in [4.69, 9.17) is 0 Å². The number of hydrogen-bond donors (Lipinski definition) is 2. The van der Waals surface area contributed by atoms with Gasteiger partial charge < -0.3 is 0 Å². The fraction of sp³-hybridized carbons (Fsp3) is 0. The molecule has 3 rings (SSSR count). The molecular formula is C13H10N6O. The highest BCUT2D eigenvalue weighted by Crippen LogP contribution is 2.19. The smallest absolute Gasteiger partial charge is 0.195 e. The van der Waals surface area contributed by atoms with Crippen LogP contribution in [0.4, 0.5) is 0 Å². The van der Waals surface area contributed by atoms with E-state index in [9.17, 15) is 4.79 Å². The number of nitrogens with zero attached hydrogens (tertiary/aromatic N) is 4. The highest BCUT2D eigenvalue weighted by atomic mass is 16.1. The molecule has 2 N–H and O–H groups in total. The Balaban J connectivity index is 2.05. The summed E-state index contributed by atoms with van der Waals surface area (Å²) in [6.45, 7) is 0. The van der Waals surface area contributed by atoms with Crippen molar-refractivity contribution in [1.29, 1.82) is 0 Å². The zero-order valence-electron chi connectivity index (χ0n) is 10.3. The van der Waals surface area contributed by atoms with Crippen LogP contribution in [-0.2, 0) is 0 Å². The number of ketones is 1. The van der Waals surface area contributed by atoms with E-state index in [-0.39, 0.29) is 5.78 Å². The normalized spacial score (nSPS) is 11.5. The van der Waals surface area contributed by atoms with Crippen molar-refractivity contribution in [2.45, 2.75) is 0 Å². The van der Waals surface area contributed by atoms with Crippen LogP contribution in [0.25, 0.3) is 11.6 Å². The van der Waals surface area contributed by atoms with Crippen molar-refractivity contribution in [3.63, 3.8) is 0 Å². The number of Topliss-reactive ketones (excluding diaryl/α,β-unsaturated/α-hetero) is 1. The Morgan fingerprint density at radius 3 is 2.40 bits per heavy atom. The van der Waals surface area contributed by atoms with Crippen LogP contribution in [0.1, 0.15) is 21.7 Å². The first-order chi connectivity index (χ1) is 9.84. The minimum Gasteiger partial charge on any atom is -0.289 e. The second-order valence-electron chi connectivity index (χ2n) is 4.00. The molecule has 0 spiro atoms. The predicted octanol–water partition coefficient (Wildman–Crippen LogP) is 1.35. The molecule has 7 nitrogen and oxygen atoms in total.